The van der Waals surface area contributed by atoms with Crippen molar-refractivity contribution in [2.45, 2.75) is 51.7 Å². The lowest BCUT2D eigenvalue weighted by Gasteiger charge is -2.16. The van der Waals surface area contributed by atoms with Crippen LogP contribution >= 0.6 is 11.8 Å². The molecular formula is C13H23N3S. The van der Waals surface area contributed by atoms with Gasteiger partial charge in [-0.15, -0.1) is 0 Å². The van der Waals surface area contributed by atoms with Gasteiger partial charge in [-0.25, -0.2) is 9.97 Å². The molecule has 1 heterocycles. The highest BCUT2D eigenvalue weighted by Crippen LogP contribution is 2.16. The quantitative estimate of drug-likeness (QED) is 0.599. The van der Waals surface area contributed by atoms with Crippen molar-refractivity contribution in [1.82, 2.24) is 15.3 Å². The van der Waals surface area contributed by atoms with E-state index >= 15 is 0 Å². The molecule has 0 saturated carbocycles. The Balaban J connectivity index is 2.52. The van der Waals surface area contributed by atoms with Gasteiger partial charge >= 0.3 is 0 Å². The topological polar surface area (TPSA) is 37.8 Å². The van der Waals surface area contributed by atoms with Crippen molar-refractivity contribution in [2.75, 3.05) is 12.3 Å². The van der Waals surface area contributed by atoms with Crippen molar-refractivity contribution >= 4 is 11.8 Å². The second kappa shape index (κ2) is 7.67. The van der Waals surface area contributed by atoms with Crippen LogP contribution < -0.4 is 5.32 Å². The molecule has 0 amide bonds. The molecule has 96 valence electrons. The van der Waals surface area contributed by atoms with Gasteiger partial charge in [0.05, 0.1) is 0 Å². The zero-order valence-electron chi connectivity index (χ0n) is 11.3. The second-order valence-electron chi connectivity index (χ2n) is 4.29. The van der Waals surface area contributed by atoms with Gasteiger partial charge in [0.25, 0.3) is 0 Å². The third kappa shape index (κ3) is 5.50. The number of hydrogen-bond donors (Lipinski definition) is 1. The summed E-state index contributed by atoms with van der Waals surface area (Å²) in [6, 6.07) is 2.58. The molecule has 0 bridgehead atoms. The molecule has 3 nitrogen and oxygen atoms in total. The van der Waals surface area contributed by atoms with Crippen LogP contribution in [0.4, 0.5) is 0 Å². The van der Waals surface area contributed by atoms with Crippen molar-refractivity contribution in [3.63, 3.8) is 0 Å². The van der Waals surface area contributed by atoms with Crippen LogP contribution in [0, 0.1) is 13.8 Å². The summed E-state index contributed by atoms with van der Waals surface area (Å²) < 4.78 is 0. The molecule has 1 aromatic heterocycles. The van der Waals surface area contributed by atoms with Crippen LogP contribution in [0.1, 0.15) is 38.1 Å². The maximum Gasteiger partial charge on any atom is 0.188 e. The number of rotatable bonds is 7. The van der Waals surface area contributed by atoms with Crippen molar-refractivity contribution in [2.24, 2.45) is 0 Å². The molecule has 1 unspecified atom stereocenters. The van der Waals surface area contributed by atoms with E-state index in [-0.39, 0.29) is 0 Å². The van der Waals surface area contributed by atoms with Crippen LogP contribution in [0.5, 0.6) is 0 Å². The third-order valence-electron chi connectivity index (χ3n) is 2.51. The first-order chi connectivity index (χ1) is 8.15. The number of nitrogens with zero attached hydrogens (tertiary/aromatic N) is 2. The average molecular weight is 253 g/mol. The molecule has 1 rings (SSSR count). The second-order valence-corrected chi connectivity index (χ2v) is 5.27. The molecule has 1 aromatic rings. The molecular weight excluding hydrogens is 230 g/mol. The fourth-order valence-corrected chi connectivity index (χ4v) is 2.87. The molecule has 0 aromatic carbocycles. The molecule has 0 aliphatic heterocycles. The van der Waals surface area contributed by atoms with E-state index in [9.17, 15) is 0 Å². The first-order valence-corrected chi connectivity index (χ1v) is 7.32. The van der Waals surface area contributed by atoms with Crippen LogP contribution in [0.2, 0.25) is 0 Å². The Morgan fingerprint density at radius 2 is 1.88 bits per heavy atom. The van der Waals surface area contributed by atoms with Crippen molar-refractivity contribution in [3.05, 3.63) is 17.5 Å². The van der Waals surface area contributed by atoms with Gasteiger partial charge in [-0.3, -0.25) is 0 Å². The summed E-state index contributed by atoms with van der Waals surface area (Å²) in [6.45, 7) is 9.45. The summed E-state index contributed by atoms with van der Waals surface area (Å²) >= 11 is 1.75. The molecule has 0 aliphatic rings. The molecule has 0 aliphatic carbocycles. The van der Waals surface area contributed by atoms with Gasteiger partial charge in [-0.05, 0) is 32.9 Å². The van der Waals surface area contributed by atoms with Gasteiger partial charge in [-0.2, -0.15) is 0 Å². The Labute approximate surface area is 109 Å². The third-order valence-corrected chi connectivity index (χ3v) is 3.52. The summed E-state index contributed by atoms with van der Waals surface area (Å²) in [5, 5.41) is 4.41. The Morgan fingerprint density at radius 1 is 1.24 bits per heavy atom. The minimum atomic E-state index is 0.569. The predicted octanol–water partition coefficient (Wildman–Crippen LogP) is 2.96. The average Bonchev–Trinajstić information content (AvgIpc) is 2.25. The minimum absolute atomic E-state index is 0.569. The zero-order chi connectivity index (χ0) is 12.7. The molecule has 4 heteroatoms. The molecule has 17 heavy (non-hydrogen) atoms. The standard InChI is InChI=1S/C13H23N3S/c1-5-7-12(14-6-2)9-17-13-15-10(3)8-11(4)16-13/h8,12,14H,5-7,9H2,1-4H3. The summed E-state index contributed by atoms with van der Waals surface area (Å²) in [6.07, 6.45) is 2.43. The Morgan fingerprint density at radius 3 is 2.41 bits per heavy atom. The van der Waals surface area contributed by atoms with E-state index in [0.29, 0.717) is 6.04 Å². The lowest BCUT2D eigenvalue weighted by Crippen LogP contribution is -2.30. The van der Waals surface area contributed by atoms with Gasteiger partial charge in [0.2, 0.25) is 0 Å². The van der Waals surface area contributed by atoms with Gasteiger partial charge in [0.1, 0.15) is 0 Å². The smallest absolute Gasteiger partial charge is 0.188 e. The van der Waals surface area contributed by atoms with E-state index < -0.39 is 0 Å². The van der Waals surface area contributed by atoms with E-state index in [1.807, 2.05) is 19.9 Å². The molecule has 1 N–H and O–H groups in total. The van der Waals surface area contributed by atoms with Crippen LogP contribution in [0.15, 0.2) is 11.2 Å². The van der Waals surface area contributed by atoms with Crippen LogP contribution in [0.3, 0.4) is 0 Å². The van der Waals surface area contributed by atoms with Crippen LogP contribution in [-0.4, -0.2) is 28.3 Å². The fraction of sp³-hybridized carbons (Fsp3) is 0.692. The first kappa shape index (κ1) is 14.5. The van der Waals surface area contributed by atoms with Crippen LogP contribution in [-0.2, 0) is 0 Å². The van der Waals surface area contributed by atoms with E-state index in [4.69, 9.17) is 0 Å². The van der Waals surface area contributed by atoms with Crippen molar-refractivity contribution < 1.29 is 0 Å². The minimum Gasteiger partial charge on any atom is -0.313 e. The summed E-state index contributed by atoms with van der Waals surface area (Å²) in [5.41, 5.74) is 2.10. The highest BCUT2D eigenvalue weighted by atomic mass is 32.2. The number of hydrogen-bond acceptors (Lipinski definition) is 4. The van der Waals surface area contributed by atoms with Gasteiger partial charge < -0.3 is 5.32 Å². The predicted molar refractivity (Wildman–Crippen MR) is 74.6 cm³/mol. The molecule has 0 saturated heterocycles. The monoisotopic (exact) mass is 253 g/mol. The molecule has 0 fully saturated rings. The van der Waals surface area contributed by atoms with Gasteiger partial charge in [-0.1, -0.05) is 32.0 Å². The number of aromatic nitrogens is 2. The summed E-state index contributed by atoms with van der Waals surface area (Å²) in [7, 11) is 0. The summed E-state index contributed by atoms with van der Waals surface area (Å²) in [5.74, 6) is 1.05. The van der Waals surface area contributed by atoms with Crippen molar-refractivity contribution in [1.29, 1.82) is 0 Å². The Hall–Kier alpha value is -0.610. The Bertz CT molecular complexity index is 315. The number of nitrogens with one attached hydrogen (secondary N) is 1. The Kier molecular flexibility index (Phi) is 6.52. The number of thioether (sulfide) groups is 1. The highest BCUT2D eigenvalue weighted by Gasteiger charge is 2.08. The van der Waals surface area contributed by atoms with E-state index in [1.54, 1.807) is 11.8 Å². The maximum atomic E-state index is 4.45. The van der Waals surface area contributed by atoms with Gasteiger partial charge in [0.15, 0.2) is 5.16 Å². The lowest BCUT2D eigenvalue weighted by molar-refractivity contribution is 0.531. The van der Waals surface area contributed by atoms with E-state index in [2.05, 4.69) is 29.1 Å². The molecule has 0 spiro atoms. The number of aryl methyl sites for hydroxylation is 2. The lowest BCUT2D eigenvalue weighted by atomic mass is 10.2. The molecule has 1 atom stereocenters. The molecule has 0 radical (unpaired) electrons. The zero-order valence-corrected chi connectivity index (χ0v) is 12.1. The summed E-state index contributed by atoms with van der Waals surface area (Å²) in [4.78, 5) is 8.90. The largest absolute Gasteiger partial charge is 0.313 e. The maximum absolute atomic E-state index is 4.45. The normalized spacial score (nSPS) is 12.7. The fourth-order valence-electron chi connectivity index (χ4n) is 1.81. The van der Waals surface area contributed by atoms with Gasteiger partial charge in [0, 0.05) is 23.2 Å². The van der Waals surface area contributed by atoms with Crippen molar-refractivity contribution in [3.8, 4) is 0 Å². The SMILES string of the molecule is CCCC(CSc1nc(C)cc(C)n1)NCC. The van der Waals surface area contributed by atoms with Crippen LogP contribution in [0.25, 0.3) is 0 Å². The highest BCUT2D eigenvalue weighted by molar-refractivity contribution is 7.99. The first-order valence-electron chi connectivity index (χ1n) is 6.34. The van der Waals surface area contributed by atoms with E-state index in [1.165, 1.54) is 12.8 Å². The van der Waals surface area contributed by atoms with E-state index in [0.717, 1.165) is 28.8 Å².